The first kappa shape index (κ1) is 23.0. The summed E-state index contributed by atoms with van der Waals surface area (Å²) in [5, 5.41) is 2.89. The van der Waals surface area contributed by atoms with Crippen molar-refractivity contribution in [2.24, 2.45) is 5.92 Å². The fourth-order valence-corrected chi connectivity index (χ4v) is 3.90. The first-order chi connectivity index (χ1) is 14.8. The maximum Gasteiger partial charge on any atom is 0.236 e. The second-order valence-electron chi connectivity index (χ2n) is 8.25. The van der Waals surface area contributed by atoms with Crippen molar-refractivity contribution in [3.63, 3.8) is 0 Å². The number of ketones is 1. The molecule has 0 spiro atoms. The van der Waals surface area contributed by atoms with Crippen molar-refractivity contribution in [3.8, 4) is 0 Å². The Labute approximate surface area is 180 Å². The molecule has 166 valence electrons. The first-order valence-electron chi connectivity index (χ1n) is 10.5. The maximum absolute atomic E-state index is 15.1. The van der Waals surface area contributed by atoms with Gasteiger partial charge in [0.15, 0.2) is 5.78 Å². The van der Waals surface area contributed by atoms with Crippen LogP contribution in [-0.2, 0) is 11.3 Å². The number of halogens is 3. The highest BCUT2D eigenvalue weighted by Crippen LogP contribution is 2.30. The summed E-state index contributed by atoms with van der Waals surface area (Å²) in [6.07, 6.45) is 1.46. The summed E-state index contributed by atoms with van der Waals surface area (Å²) in [6.45, 7) is 4.50. The van der Waals surface area contributed by atoms with Crippen molar-refractivity contribution in [1.82, 2.24) is 10.2 Å². The summed E-state index contributed by atoms with van der Waals surface area (Å²) < 4.78 is 41.8. The number of hydrogen-bond donors (Lipinski definition) is 1. The van der Waals surface area contributed by atoms with Crippen LogP contribution in [-0.4, -0.2) is 36.2 Å². The number of nitrogens with one attached hydrogen (secondary N) is 1. The number of hydrogen-bond acceptors (Lipinski definition) is 3. The van der Waals surface area contributed by atoms with E-state index in [1.807, 2.05) is 0 Å². The van der Waals surface area contributed by atoms with E-state index in [0.29, 0.717) is 18.7 Å². The molecule has 1 amide bonds. The maximum atomic E-state index is 15.1. The zero-order chi connectivity index (χ0) is 22.5. The van der Waals surface area contributed by atoms with Gasteiger partial charge in [0.05, 0.1) is 12.1 Å². The van der Waals surface area contributed by atoms with Gasteiger partial charge >= 0.3 is 0 Å². The molecular weight excluding hydrogens is 405 g/mol. The van der Waals surface area contributed by atoms with E-state index in [-0.39, 0.29) is 47.7 Å². The number of benzene rings is 2. The van der Waals surface area contributed by atoms with E-state index < -0.39 is 17.5 Å². The minimum absolute atomic E-state index is 0.00209. The number of carbonyl (C=O) groups excluding carboxylic acids is 2. The molecule has 0 aromatic heterocycles. The van der Waals surface area contributed by atoms with Crippen molar-refractivity contribution < 1.29 is 22.8 Å². The molecule has 0 saturated carbocycles. The molecule has 0 bridgehead atoms. The third-order valence-corrected chi connectivity index (χ3v) is 5.64. The minimum Gasteiger partial charge on any atom is -0.341 e. The summed E-state index contributed by atoms with van der Waals surface area (Å²) in [5.74, 6) is -2.70. The number of likely N-dealkylation sites (tertiary alicyclic amines) is 1. The summed E-state index contributed by atoms with van der Waals surface area (Å²) in [4.78, 5) is 26.6. The van der Waals surface area contributed by atoms with Gasteiger partial charge in [0.2, 0.25) is 5.91 Å². The average molecular weight is 432 g/mol. The number of Topliss-reactive ketones (excluding diaryl/α,β-unsaturated/α-hetero) is 1. The Bertz CT molecular complexity index is 962. The molecule has 1 aliphatic heterocycles. The molecule has 1 aliphatic rings. The monoisotopic (exact) mass is 432 g/mol. The Morgan fingerprint density at radius 1 is 1.16 bits per heavy atom. The molecule has 1 atom stereocenters. The predicted molar refractivity (Wildman–Crippen MR) is 112 cm³/mol. The van der Waals surface area contributed by atoms with Crippen molar-refractivity contribution >= 4 is 11.7 Å². The second kappa shape index (κ2) is 10.1. The van der Waals surface area contributed by atoms with Crippen LogP contribution in [0.4, 0.5) is 13.2 Å². The van der Waals surface area contributed by atoms with E-state index >= 15 is 4.39 Å². The molecule has 1 N–H and O–H groups in total. The number of rotatable bonds is 7. The van der Waals surface area contributed by atoms with Gasteiger partial charge in [-0.05, 0) is 30.5 Å². The van der Waals surface area contributed by atoms with Crippen LogP contribution in [0.1, 0.15) is 54.1 Å². The van der Waals surface area contributed by atoms with E-state index in [1.54, 1.807) is 30.9 Å². The highest BCUT2D eigenvalue weighted by molar-refractivity contribution is 5.97. The highest BCUT2D eigenvalue weighted by Gasteiger charge is 2.28. The number of amides is 1. The fourth-order valence-electron chi connectivity index (χ4n) is 3.90. The third kappa shape index (κ3) is 5.53. The van der Waals surface area contributed by atoms with Crippen molar-refractivity contribution in [2.45, 2.75) is 39.2 Å². The van der Waals surface area contributed by atoms with Gasteiger partial charge in [-0.1, -0.05) is 32.0 Å². The first-order valence-corrected chi connectivity index (χ1v) is 10.5. The molecule has 3 rings (SSSR count). The Morgan fingerprint density at radius 2 is 1.94 bits per heavy atom. The van der Waals surface area contributed by atoms with Crippen LogP contribution >= 0.6 is 0 Å². The van der Waals surface area contributed by atoms with Crippen LogP contribution in [0.2, 0.25) is 0 Å². The molecule has 0 aliphatic carbocycles. The number of nitrogens with zero attached hydrogens (tertiary/aromatic N) is 1. The lowest BCUT2D eigenvalue weighted by Crippen LogP contribution is -2.43. The predicted octanol–water partition coefficient (Wildman–Crippen LogP) is 4.44. The molecule has 1 unspecified atom stereocenters. The standard InChI is InChI=1S/C24H27F3N2O2/c1-15(2)24(31)20-7-3-6-19(23(20)27)17-5-4-10-29(14-17)22(30)13-28-12-16-8-9-18(25)11-21(16)26/h3,6-9,11,15,17,28H,4-5,10,12-14H2,1-2H3. The van der Waals surface area contributed by atoms with Gasteiger partial charge in [-0.25, -0.2) is 13.2 Å². The largest absolute Gasteiger partial charge is 0.341 e. The van der Waals surface area contributed by atoms with Crippen LogP contribution in [0.15, 0.2) is 36.4 Å². The Hall–Kier alpha value is -2.67. The Balaban J connectivity index is 1.62. The molecule has 2 aromatic carbocycles. The lowest BCUT2D eigenvalue weighted by molar-refractivity contribution is -0.131. The van der Waals surface area contributed by atoms with Crippen molar-refractivity contribution in [3.05, 3.63) is 70.5 Å². The SMILES string of the molecule is CC(C)C(=O)c1cccc(C2CCCN(C(=O)CNCc3ccc(F)cc3F)C2)c1F. The quantitative estimate of drug-likeness (QED) is 0.659. The Morgan fingerprint density at radius 3 is 2.65 bits per heavy atom. The van der Waals surface area contributed by atoms with Gasteiger partial charge in [-0.3, -0.25) is 9.59 Å². The van der Waals surface area contributed by atoms with Crippen LogP contribution in [0.25, 0.3) is 0 Å². The van der Waals surface area contributed by atoms with E-state index in [1.165, 1.54) is 18.2 Å². The van der Waals surface area contributed by atoms with Gasteiger partial charge in [-0.15, -0.1) is 0 Å². The van der Waals surface area contributed by atoms with Crippen LogP contribution in [0.5, 0.6) is 0 Å². The number of carbonyl (C=O) groups is 2. The molecule has 4 nitrogen and oxygen atoms in total. The molecule has 2 aromatic rings. The summed E-state index contributed by atoms with van der Waals surface area (Å²) >= 11 is 0. The highest BCUT2D eigenvalue weighted by atomic mass is 19.1. The van der Waals surface area contributed by atoms with E-state index in [0.717, 1.165) is 18.9 Å². The van der Waals surface area contributed by atoms with Crippen LogP contribution < -0.4 is 5.32 Å². The molecule has 1 saturated heterocycles. The van der Waals surface area contributed by atoms with Crippen molar-refractivity contribution in [1.29, 1.82) is 0 Å². The lowest BCUT2D eigenvalue weighted by atomic mass is 9.87. The van der Waals surface area contributed by atoms with Gasteiger partial charge in [0, 0.05) is 43.1 Å². The minimum atomic E-state index is -0.663. The number of piperidine rings is 1. The summed E-state index contributed by atoms with van der Waals surface area (Å²) in [7, 11) is 0. The normalized spacial score (nSPS) is 16.6. The van der Waals surface area contributed by atoms with Gasteiger partial charge in [0.1, 0.15) is 17.5 Å². The van der Waals surface area contributed by atoms with Crippen molar-refractivity contribution in [2.75, 3.05) is 19.6 Å². The molecule has 31 heavy (non-hydrogen) atoms. The van der Waals surface area contributed by atoms with E-state index in [9.17, 15) is 18.4 Å². The van der Waals surface area contributed by atoms with Crippen LogP contribution in [0.3, 0.4) is 0 Å². The topological polar surface area (TPSA) is 49.4 Å². The van der Waals surface area contributed by atoms with Gasteiger partial charge in [-0.2, -0.15) is 0 Å². The molecule has 1 heterocycles. The van der Waals surface area contributed by atoms with E-state index in [4.69, 9.17) is 0 Å². The lowest BCUT2D eigenvalue weighted by Gasteiger charge is -2.33. The summed E-state index contributed by atoms with van der Waals surface area (Å²) in [6, 6.07) is 8.19. The third-order valence-electron chi connectivity index (χ3n) is 5.64. The zero-order valence-electron chi connectivity index (χ0n) is 17.8. The molecule has 1 fully saturated rings. The van der Waals surface area contributed by atoms with Crippen LogP contribution in [0, 0.1) is 23.4 Å². The Kier molecular flexibility index (Phi) is 7.49. The second-order valence-corrected chi connectivity index (χ2v) is 8.25. The smallest absolute Gasteiger partial charge is 0.236 e. The molecule has 7 heteroatoms. The zero-order valence-corrected chi connectivity index (χ0v) is 17.8. The molecular formula is C24H27F3N2O2. The van der Waals surface area contributed by atoms with Gasteiger partial charge in [0.25, 0.3) is 0 Å². The molecule has 0 radical (unpaired) electrons. The average Bonchev–Trinajstić information content (AvgIpc) is 2.75. The van der Waals surface area contributed by atoms with E-state index in [2.05, 4.69) is 5.32 Å². The van der Waals surface area contributed by atoms with Gasteiger partial charge < -0.3 is 10.2 Å². The summed E-state index contributed by atoms with van der Waals surface area (Å²) in [5.41, 5.74) is 0.837. The fraction of sp³-hybridized carbons (Fsp3) is 0.417.